The van der Waals surface area contributed by atoms with Gasteiger partial charge in [0.05, 0.1) is 6.61 Å². The fourth-order valence-electron chi connectivity index (χ4n) is 3.29. The van der Waals surface area contributed by atoms with E-state index >= 15 is 0 Å². The molecule has 2 atom stereocenters. The lowest BCUT2D eigenvalue weighted by Gasteiger charge is -2.39. The van der Waals surface area contributed by atoms with Gasteiger partial charge in [0.2, 0.25) is 0 Å². The summed E-state index contributed by atoms with van der Waals surface area (Å²) in [7, 11) is 1.97. The van der Waals surface area contributed by atoms with Crippen molar-refractivity contribution in [3.63, 3.8) is 0 Å². The lowest BCUT2D eigenvalue weighted by molar-refractivity contribution is 0.131. The molecule has 0 spiro atoms. The molecule has 2 aromatic carbocycles. The first-order valence-corrected chi connectivity index (χ1v) is 8.58. The maximum absolute atomic E-state index is 9.69. The second kappa shape index (κ2) is 6.39. The van der Waals surface area contributed by atoms with E-state index in [2.05, 4.69) is 47.8 Å². The molecule has 0 bridgehead atoms. The Hall–Kier alpha value is -1.03. The number of hydrogen-bond donors (Lipinski definition) is 2. The summed E-state index contributed by atoms with van der Waals surface area (Å²) in [5.41, 5.74) is -0.0766. The van der Waals surface area contributed by atoms with Gasteiger partial charge in [-0.1, -0.05) is 36.8 Å². The van der Waals surface area contributed by atoms with Gasteiger partial charge in [-0.3, -0.25) is 0 Å². The molecule has 0 radical (unpaired) electrons. The molecule has 1 aliphatic rings. The quantitative estimate of drug-likeness (QED) is 0.900. The average molecular weight is 301 g/mol. The van der Waals surface area contributed by atoms with Crippen molar-refractivity contribution in [2.75, 3.05) is 13.7 Å². The van der Waals surface area contributed by atoms with E-state index < -0.39 is 0 Å². The van der Waals surface area contributed by atoms with Gasteiger partial charge in [-0.05, 0) is 49.2 Å². The molecule has 3 rings (SSSR count). The summed E-state index contributed by atoms with van der Waals surface area (Å²) < 4.78 is 0. The minimum absolute atomic E-state index is 0.0766. The van der Waals surface area contributed by atoms with Crippen LogP contribution in [0.2, 0.25) is 0 Å². The van der Waals surface area contributed by atoms with E-state index in [4.69, 9.17) is 0 Å². The van der Waals surface area contributed by atoms with Crippen molar-refractivity contribution < 1.29 is 5.11 Å². The number of nitrogens with one attached hydrogen (secondary N) is 1. The second-order valence-electron chi connectivity index (χ2n) is 6.03. The van der Waals surface area contributed by atoms with Gasteiger partial charge in [-0.25, -0.2) is 0 Å². The third kappa shape index (κ3) is 3.25. The van der Waals surface area contributed by atoms with Crippen LogP contribution in [-0.4, -0.2) is 29.5 Å². The van der Waals surface area contributed by atoms with Crippen molar-refractivity contribution in [1.29, 1.82) is 0 Å². The molecule has 0 aliphatic heterocycles. The molecule has 21 heavy (non-hydrogen) atoms. The zero-order chi connectivity index (χ0) is 14.7. The topological polar surface area (TPSA) is 32.3 Å². The molecule has 1 fully saturated rings. The fraction of sp³-hybridized carbons (Fsp3) is 0.444. The third-order valence-corrected chi connectivity index (χ3v) is 5.92. The summed E-state index contributed by atoms with van der Waals surface area (Å²) in [4.78, 5) is 1.34. The minimum atomic E-state index is -0.0766. The van der Waals surface area contributed by atoms with Crippen molar-refractivity contribution in [2.45, 2.75) is 41.4 Å². The lowest BCUT2D eigenvalue weighted by atomic mass is 9.82. The van der Waals surface area contributed by atoms with Crippen LogP contribution in [0.3, 0.4) is 0 Å². The molecule has 3 heteroatoms. The number of likely N-dealkylation sites (N-methyl/N-ethyl adjacent to an activating group) is 1. The molecule has 1 saturated carbocycles. The van der Waals surface area contributed by atoms with E-state index in [0.29, 0.717) is 5.25 Å². The predicted octanol–water partition coefficient (Wildman–Crippen LogP) is 3.83. The fourth-order valence-corrected chi connectivity index (χ4v) is 4.70. The summed E-state index contributed by atoms with van der Waals surface area (Å²) in [6, 6.07) is 15.2. The van der Waals surface area contributed by atoms with Crippen molar-refractivity contribution in [1.82, 2.24) is 5.32 Å². The van der Waals surface area contributed by atoms with Gasteiger partial charge in [0, 0.05) is 15.7 Å². The zero-order valence-electron chi connectivity index (χ0n) is 12.5. The van der Waals surface area contributed by atoms with Gasteiger partial charge in [-0.2, -0.15) is 0 Å². The molecule has 112 valence electrons. The van der Waals surface area contributed by atoms with E-state index in [1.165, 1.54) is 28.5 Å². The van der Waals surface area contributed by atoms with Gasteiger partial charge >= 0.3 is 0 Å². The van der Waals surface area contributed by atoms with E-state index in [0.717, 1.165) is 12.8 Å². The van der Waals surface area contributed by atoms with Crippen LogP contribution in [0.1, 0.15) is 25.7 Å². The molecule has 2 unspecified atom stereocenters. The van der Waals surface area contributed by atoms with Gasteiger partial charge in [-0.15, -0.1) is 11.8 Å². The van der Waals surface area contributed by atoms with Crippen LogP contribution in [0.15, 0.2) is 47.4 Å². The summed E-state index contributed by atoms with van der Waals surface area (Å²) >= 11 is 1.96. The Bertz CT molecular complexity index is 609. The highest BCUT2D eigenvalue weighted by atomic mass is 32.2. The highest BCUT2D eigenvalue weighted by Crippen LogP contribution is 2.38. The molecule has 2 nitrogen and oxygen atoms in total. The zero-order valence-corrected chi connectivity index (χ0v) is 13.3. The number of fused-ring (bicyclic) bond motifs is 1. The summed E-state index contributed by atoms with van der Waals surface area (Å²) in [6.07, 6.45) is 4.54. The van der Waals surface area contributed by atoms with Crippen molar-refractivity contribution >= 4 is 22.5 Å². The average Bonchev–Trinajstić information content (AvgIpc) is 2.55. The first-order valence-electron chi connectivity index (χ1n) is 7.70. The van der Waals surface area contributed by atoms with Crippen molar-refractivity contribution in [2.24, 2.45) is 0 Å². The van der Waals surface area contributed by atoms with Crippen LogP contribution >= 0.6 is 11.8 Å². The summed E-state index contributed by atoms with van der Waals surface area (Å²) in [6.45, 7) is 0.234. The van der Waals surface area contributed by atoms with Crippen LogP contribution in [-0.2, 0) is 0 Å². The number of hydrogen-bond acceptors (Lipinski definition) is 3. The predicted molar refractivity (Wildman–Crippen MR) is 90.9 cm³/mol. The van der Waals surface area contributed by atoms with Crippen LogP contribution < -0.4 is 5.32 Å². The molecule has 1 aliphatic carbocycles. The smallest absolute Gasteiger partial charge is 0.0613 e. The van der Waals surface area contributed by atoms with Crippen molar-refractivity contribution in [3.05, 3.63) is 42.5 Å². The highest BCUT2D eigenvalue weighted by Gasteiger charge is 2.34. The van der Waals surface area contributed by atoms with Gasteiger partial charge in [0.1, 0.15) is 0 Å². The maximum atomic E-state index is 9.69. The van der Waals surface area contributed by atoms with E-state index in [1.807, 2.05) is 18.8 Å². The number of rotatable bonds is 4. The number of aliphatic hydroxyl groups excluding tert-OH is 1. The number of benzene rings is 2. The van der Waals surface area contributed by atoms with Gasteiger partial charge < -0.3 is 10.4 Å². The standard InChI is InChI=1S/C18H23NOS/c1-19-18(13-20)10-4-7-17(12-18)21-16-9-8-14-5-2-3-6-15(14)11-16/h2-3,5-6,8-9,11,17,19-20H,4,7,10,12-13H2,1H3. The Balaban J connectivity index is 1.75. The van der Waals surface area contributed by atoms with E-state index in [-0.39, 0.29) is 12.1 Å². The summed E-state index contributed by atoms with van der Waals surface area (Å²) in [5, 5.41) is 16.2. The Labute approximate surface area is 130 Å². The van der Waals surface area contributed by atoms with Crippen LogP contribution in [0.25, 0.3) is 10.8 Å². The second-order valence-corrected chi connectivity index (χ2v) is 7.41. The molecular weight excluding hydrogens is 278 g/mol. The lowest BCUT2D eigenvalue weighted by Crippen LogP contribution is -2.50. The molecule has 0 amide bonds. The molecular formula is C18H23NOS. The first kappa shape index (κ1) is 14.9. The van der Waals surface area contributed by atoms with Crippen molar-refractivity contribution in [3.8, 4) is 0 Å². The highest BCUT2D eigenvalue weighted by molar-refractivity contribution is 8.00. The Morgan fingerprint density at radius 2 is 2.05 bits per heavy atom. The van der Waals surface area contributed by atoms with E-state index in [9.17, 15) is 5.11 Å². The molecule has 2 aromatic rings. The Morgan fingerprint density at radius 1 is 1.24 bits per heavy atom. The molecule has 2 N–H and O–H groups in total. The minimum Gasteiger partial charge on any atom is -0.394 e. The first-order chi connectivity index (χ1) is 10.2. The molecule has 0 heterocycles. The van der Waals surface area contributed by atoms with Gasteiger partial charge in [0.25, 0.3) is 0 Å². The number of aliphatic hydroxyl groups is 1. The monoisotopic (exact) mass is 301 g/mol. The third-order valence-electron chi connectivity index (χ3n) is 4.66. The van der Waals surface area contributed by atoms with Crippen LogP contribution in [0, 0.1) is 0 Å². The van der Waals surface area contributed by atoms with Crippen LogP contribution in [0.5, 0.6) is 0 Å². The Morgan fingerprint density at radius 3 is 2.81 bits per heavy atom. The van der Waals surface area contributed by atoms with E-state index in [1.54, 1.807) is 0 Å². The summed E-state index contributed by atoms with van der Waals surface area (Å²) in [5.74, 6) is 0. The van der Waals surface area contributed by atoms with Gasteiger partial charge in [0.15, 0.2) is 0 Å². The number of thioether (sulfide) groups is 1. The normalized spacial score (nSPS) is 26.1. The molecule has 0 aromatic heterocycles. The largest absolute Gasteiger partial charge is 0.394 e. The maximum Gasteiger partial charge on any atom is 0.0613 e. The Kier molecular flexibility index (Phi) is 4.53. The molecule has 0 saturated heterocycles. The SMILES string of the molecule is CNC1(CO)CCCC(Sc2ccc3ccccc3c2)C1. The van der Waals surface area contributed by atoms with Crippen LogP contribution in [0.4, 0.5) is 0 Å².